The van der Waals surface area contributed by atoms with E-state index in [0.29, 0.717) is 13.2 Å². The van der Waals surface area contributed by atoms with Crippen molar-refractivity contribution in [3.63, 3.8) is 0 Å². The molecule has 0 aliphatic carbocycles. The van der Waals surface area contributed by atoms with Crippen molar-refractivity contribution in [2.24, 2.45) is 0 Å². The van der Waals surface area contributed by atoms with E-state index in [2.05, 4.69) is 20.4 Å². The number of hydrogen-bond donors (Lipinski definition) is 0. The molecule has 24 heavy (non-hydrogen) atoms. The predicted octanol–water partition coefficient (Wildman–Crippen LogP) is 2.48. The standard InChI is InChI=1S/C18H21N5O/c1-15-8-6-7-11-17(15)24-13-12-22(2)14-18-19-20-21-23(18)16-9-4-3-5-10-16/h3-11H,12-14H2,1-2H3. The summed E-state index contributed by atoms with van der Waals surface area (Å²) in [5, 5.41) is 12.0. The van der Waals surface area contributed by atoms with Crippen LogP contribution in [0, 0.1) is 6.92 Å². The summed E-state index contributed by atoms with van der Waals surface area (Å²) in [6.45, 7) is 4.11. The van der Waals surface area contributed by atoms with Gasteiger partial charge in [-0.2, -0.15) is 4.68 Å². The summed E-state index contributed by atoms with van der Waals surface area (Å²) in [5.74, 6) is 1.74. The molecule has 0 aliphatic rings. The Labute approximate surface area is 141 Å². The molecular weight excluding hydrogens is 302 g/mol. The smallest absolute Gasteiger partial charge is 0.170 e. The van der Waals surface area contributed by atoms with Crippen molar-refractivity contribution < 1.29 is 4.74 Å². The molecule has 2 aromatic carbocycles. The fourth-order valence-electron chi connectivity index (χ4n) is 2.42. The molecule has 0 unspecified atom stereocenters. The Morgan fingerprint density at radius 3 is 2.58 bits per heavy atom. The normalized spacial score (nSPS) is 11.0. The molecule has 0 bridgehead atoms. The van der Waals surface area contributed by atoms with Crippen LogP contribution in [-0.4, -0.2) is 45.3 Å². The first-order chi connectivity index (χ1) is 11.7. The van der Waals surface area contributed by atoms with E-state index >= 15 is 0 Å². The number of hydrogen-bond acceptors (Lipinski definition) is 5. The average molecular weight is 323 g/mol. The van der Waals surface area contributed by atoms with Crippen molar-refractivity contribution in [2.75, 3.05) is 20.2 Å². The molecule has 0 amide bonds. The van der Waals surface area contributed by atoms with Gasteiger partial charge in [-0.05, 0) is 48.2 Å². The molecule has 0 spiro atoms. The molecular formula is C18H21N5O. The summed E-state index contributed by atoms with van der Waals surface area (Å²) in [7, 11) is 2.03. The van der Waals surface area contributed by atoms with E-state index in [1.807, 2.05) is 68.6 Å². The molecule has 0 aliphatic heterocycles. The van der Waals surface area contributed by atoms with Gasteiger partial charge in [0.1, 0.15) is 12.4 Å². The van der Waals surface area contributed by atoms with E-state index in [4.69, 9.17) is 4.74 Å². The van der Waals surface area contributed by atoms with E-state index < -0.39 is 0 Å². The van der Waals surface area contributed by atoms with E-state index in [0.717, 1.165) is 29.4 Å². The van der Waals surface area contributed by atoms with Gasteiger partial charge >= 0.3 is 0 Å². The van der Waals surface area contributed by atoms with Gasteiger partial charge in [0.15, 0.2) is 5.82 Å². The van der Waals surface area contributed by atoms with Crippen LogP contribution in [0.3, 0.4) is 0 Å². The molecule has 0 saturated heterocycles. The molecule has 0 saturated carbocycles. The van der Waals surface area contributed by atoms with Gasteiger partial charge in [-0.3, -0.25) is 4.90 Å². The summed E-state index contributed by atoms with van der Waals surface area (Å²) in [5.41, 5.74) is 2.11. The van der Waals surface area contributed by atoms with Gasteiger partial charge in [0.25, 0.3) is 0 Å². The van der Waals surface area contributed by atoms with Crippen molar-refractivity contribution >= 4 is 0 Å². The van der Waals surface area contributed by atoms with Gasteiger partial charge < -0.3 is 4.74 Å². The number of nitrogens with zero attached hydrogens (tertiary/aromatic N) is 5. The second-order valence-electron chi connectivity index (χ2n) is 5.69. The van der Waals surface area contributed by atoms with Crippen LogP contribution in [0.5, 0.6) is 5.75 Å². The summed E-state index contributed by atoms with van der Waals surface area (Å²) in [4.78, 5) is 2.14. The first kappa shape index (κ1) is 16.1. The van der Waals surface area contributed by atoms with Gasteiger partial charge in [-0.1, -0.05) is 36.4 Å². The van der Waals surface area contributed by atoms with Crippen molar-refractivity contribution in [1.82, 2.24) is 25.1 Å². The number of benzene rings is 2. The van der Waals surface area contributed by atoms with Crippen molar-refractivity contribution in [3.8, 4) is 11.4 Å². The fourth-order valence-corrected chi connectivity index (χ4v) is 2.42. The summed E-state index contributed by atoms with van der Waals surface area (Å²) < 4.78 is 7.60. The minimum atomic E-state index is 0.619. The monoisotopic (exact) mass is 323 g/mol. The Balaban J connectivity index is 1.55. The topological polar surface area (TPSA) is 56.1 Å². The maximum Gasteiger partial charge on any atom is 0.170 e. The first-order valence-corrected chi connectivity index (χ1v) is 7.93. The molecule has 6 heteroatoms. The molecule has 0 atom stereocenters. The molecule has 6 nitrogen and oxygen atoms in total. The lowest BCUT2D eigenvalue weighted by molar-refractivity contribution is 0.228. The third kappa shape index (κ3) is 3.97. The molecule has 3 rings (SSSR count). The lowest BCUT2D eigenvalue weighted by Crippen LogP contribution is -2.25. The highest BCUT2D eigenvalue weighted by Crippen LogP contribution is 2.16. The number of rotatable bonds is 7. The van der Waals surface area contributed by atoms with Gasteiger partial charge in [0, 0.05) is 6.54 Å². The van der Waals surface area contributed by atoms with E-state index in [-0.39, 0.29) is 0 Å². The van der Waals surface area contributed by atoms with E-state index in [1.54, 1.807) is 4.68 Å². The zero-order chi connectivity index (χ0) is 16.8. The number of likely N-dealkylation sites (N-methyl/N-ethyl adjacent to an activating group) is 1. The van der Waals surface area contributed by atoms with Gasteiger partial charge in [-0.25, -0.2) is 0 Å². The maximum atomic E-state index is 5.84. The van der Waals surface area contributed by atoms with Crippen LogP contribution < -0.4 is 4.74 Å². The number of aromatic nitrogens is 4. The fraction of sp³-hybridized carbons (Fsp3) is 0.278. The molecule has 0 fully saturated rings. The van der Waals surface area contributed by atoms with Crippen LogP contribution in [0.15, 0.2) is 54.6 Å². The van der Waals surface area contributed by atoms with Gasteiger partial charge in [-0.15, -0.1) is 5.10 Å². The Morgan fingerprint density at radius 2 is 1.79 bits per heavy atom. The third-order valence-electron chi connectivity index (χ3n) is 3.77. The minimum absolute atomic E-state index is 0.619. The maximum absolute atomic E-state index is 5.84. The second kappa shape index (κ2) is 7.70. The first-order valence-electron chi connectivity index (χ1n) is 7.93. The number of para-hydroxylation sites is 2. The Morgan fingerprint density at radius 1 is 1.04 bits per heavy atom. The summed E-state index contributed by atoms with van der Waals surface area (Å²) >= 11 is 0. The average Bonchev–Trinajstić information content (AvgIpc) is 3.05. The molecule has 0 radical (unpaired) electrons. The number of ether oxygens (including phenoxy) is 1. The molecule has 0 N–H and O–H groups in total. The summed E-state index contributed by atoms with van der Waals surface area (Å²) in [6.07, 6.45) is 0. The highest BCUT2D eigenvalue weighted by Gasteiger charge is 2.10. The highest BCUT2D eigenvalue weighted by atomic mass is 16.5. The lowest BCUT2D eigenvalue weighted by Gasteiger charge is -2.17. The molecule has 1 aromatic heterocycles. The van der Waals surface area contributed by atoms with Crippen LogP contribution >= 0.6 is 0 Å². The van der Waals surface area contributed by atoms with Gasteiger partial charge in [0.2, 0.25) is 0 Å². The van der Waals surface area contributed by atoms with Crippen LogP contribution in [-0.2, 0) is 6.54 Å². The highest BCUT2D eigenvalue weighted by molar-refractivity contribution is 5.32. The predicted molar refractivity (Wildman–Crippen MR) is 92.2 cm³/mol. The molecule has 124 valence electrons. The third-order valence-corrected chi connectivity index (χ3v) is 3.77. The number of aryl methyl sites for hydroxylation is 1. The van der Waals surface area contributed by atoms with Crippen molar-refractivity contribution in [2.45, 2.75) is 13.5 Å². The SMILES string of the molecule is Cc1ccccc1OCCN(C)Cc1nnnn1-c1ccccc1. The van der Waals surface area contributed by atoms with Crippen molar-refractivity contribution in [1.29, 1.82) is 0 Å². The molecule has 1 heterocycles. The summed E-state index contributed by atoms with van der Waals surface area (Å²) in [6, 6.07) is 17.9. The Hall–Kier alpha value is -2.73. The van der Waals surface area contributed by atoms with Gasteiger partial charge in [0.05, 0.1) is 12.2 Å². The minimum Gasteiger partial charge on any atom is -0.492 e. The van der Waals surface area contributed by atoms with Crippen molar-refractivity contribution in [3.05, 3.63) is 66.0 Å². The van der Waals surface area contributed by atoms with Crippen LogP contribution in [0.4, 0.5) is 0 Å². The van der Waals surface area contributed by atoms with Crippen LogP contribution in [0.2, 0.25) is 0 Å². The quantitative estimate of drug-likeness (QED) is 0.668. The van der Waals surface area contributed by atoms with E-state index in [1.165, 1.54) is 0 Å². The van der Waals surface area contributed by atoms with Crippen LogP contribution in [0.1, 0.15) is 11.4 Å². The number of tetrazole rings is 1. The second-order valence-corrected chi connectivity index (χ2v) is 5.69. The largest absolute Gasteiger partial charge is 0.492 e. The zero-order valence-corrected chi connectivity index (χ0v) is 14.0. The Bertz CT molecular complexity index is 772. The zero-order valence-electron chi connectivity index (χ0n) is 14.0. The molecule has 3 aromatic rings. The lowest BCUT2D eigenvalue weighted by atomic mass is 10.2. The van der Waals surface area contributed by atoms with E-state index in [9.17, 15) is 0 Å². The Kier molecular flexibility index (Phi) is 5.18. The van der Waals surface area contributed by atoms with Crippen LogP contribution in [0.25, 0.3) is 5.69 Å².